The van der Waals surface area contributed by atoms with Gasteiger partial charge >= 0.3 is 45.4 Å². The molecule has 0 aliphatic heterocycles. The van der Waals surface area contributed by atoms with E-state index in [1.165, 1.54) is 6.08 Å². The Kier molecular flexibility index (Phi) is 22.6. The summed E-state index contributed by atoms with van der Waals surface area (Å²) in [7, 11) is 0. The molecule has 31 valence electrons. The van der Waals surface area contributed by atoms with Gasteiger partial charge in [0.05, 0.1) is 0 Å². The van der Waals surface area contributed by atoms with E-state index < -0.39 is 0 Å². The minimum Gasteiger partial charge on any atom is 0 e. The van der Waals surface area contributed by atoms with Gasteiger partial charge in [0, 0.05) is 28.3 Å². The standard InChI is InChI=1S/C3H3O.Al.Sc.Si/c1-2-3-4;;;/h2H,1H2;;;. The number of carbonyl (C=O) groups is 1. The van der Waals surface area contributed by atoms with Crippen LogP contribution in [0.15, 0.2) is 12.7 Å². The molecule has 0 amide bonds. The van der Waals surface area contributed by atoms with E-state index in [9.17, 15) is 4.79 Å². The first-order valence-corrected chi connectivity index (χ1v) is 2.09. The van der Waals surface area contributed by atoms with E-state index in [-0.39, 0.29) is 31.9 Å². The average Bonchev–Trinajstić information content (AvgIpc) is 1.38. The van der Waals surface area contributed by atoms with Crippen LogP contribution in [0.25, 0.3) is 0 Å². The molecule has 0 saturated carbocycles. The maximum absolute atomic E-state index is 9.72. The molecule has 0 rings (SSSR count). The third-order valence-electron chi connectivity index (χ3n) is 0.201. The number of carbonyl (C=O) groups excluding carboxylic acids is 1. The largest absolute Gasteiger partial charge is 0 e. The molecule has 0 spiro atoms. The Morgan fingerprint density at radius 3 is 1.86 bits per heavy atom. The zero-order chi connectivity index (χ0) is 4.28. The maximum atomic E-state index is 9.72. The molecule has 0 saturated heterocycles. The zero-order valence-corrected chi connectivity index (χ0v) is 7.81. The van der Waals surface area contributed by atoms with Gasteiger partial charge in [-0.2, -0.15) is 0 Å². The summed E-state index contributed by atoms with van der Waals surface area (Å²) in [4.78, 5) is 9.72. The fraction of sp³-hybridized carbons (Fsp3) is 0. The van der Waals surface area contributed by atoms with Crippen molar-refractivity contribution >= 4 is 31.9 Å². The Morgan fingerprint density at radius 2 is 1.86 bits per heavy atom. The second-order valence-corrected chi connectivity index (χ2v) is 1.50. The predicted octanol–water partition coefficient (Wildman–Crippen LogP) is -0.516. The third-order valence-corrected chi connectivity index (χ3v) is 0.569. The van der Waals surface area contributed by atoms with Crippen LogP contribution >= 0.6 is 0 Å². The van der Waals surface area contributed by atoms with Crippen LogP contribution in [0.1, 0.15) is 0 Å². The number of hydrogen-bond acceptors (Lipinski definition) is 1. The minimum absolute atomic E-state index is 0. The summed E-state index contributed by atoms with van der Waals surface area (Å²) in [6.45, 7) is 3.23. The second kappa shape index (κ2) is 10.1. The van der Waals surface area contributed by atoms with Crippen molar-refractivity contribution in [2.75, 3.05) is 0 Å². The molecule has 7 heavy (non-hydrogen) atoms. The van der Waals surface area contributed by atoms with Crippen LogP contribution in [0.3, 0.4) is 0 Å². The molecule has 0 aliphatic rings. The van der Waals surface area contributed by atoms with E-state index in [2.05, 4.69) is 6.58 Å². The van der Waals surface area contributed by atoms with Crippen molar-refractivity contribution in [1.82, 2.24) is 0 Å². The van der Waals surface area contributed by atoms with E-state index >= 15 is 0 Å². The first-order chi connectivity index (χ1) is 2.27. The van der Waals surface area contributed by atoms with Gasteiger partial charge in [-0.25, -0.2) is 0 Å². The van der Waals surface area contributed by atoms with Gasteiger partial charge in [-0.05, 0) is 0 Å². The van der Waals surface area contributed by atoms with Crippen LogP contribution in [0.2, 0.25) is 0 Å². The summed E-state index contributed by atoms with van der Waals surface area (Å²) < 4.78 is 0.0810. The number of hydrogen-bond donors (Lipinski definition) is 0. The molecule has 7 radical (unpaired) electrons. The summed E-state index contributed by atoms with van der Waals surface area (Å²) in [5.74, 6) is 0. The topological polar surface area (TPSA) is 17.1 Å². The Labute approximate surface area is 73.3 Å². The third kappa shape index (κ3) is 19.4. The van der Waals surface area contributed by atoms with Crippen LogP contribution in [0.5, 0.6) is 0 Å². The Balaban J connectivity index is -0.0000000800. The van der Waals surface area contributed by atoms with E-state index in [0.717, 1.165) is 24.4 Å². The SMILES string of the molecule is C=C[C](=O)[Sc].[Al].[Si]. The van der Waals surface area contributed by atoms with E-state index in [1.807, 2.05) is 0 Å². The van der Waals surface area contributed by atoms with Gasteiger partial charge in [-0.15, -0.1) is 0 Å². The van der Waals surface area contributed by atoms with Crippen molar-refractivity contribution in [3.8, 4) is 0 Å². The quantitative estimate of drug-likeness (QED) is 0.368. The molecule has 0 atom stereocenters. The smallest absolute Gasteiger partial charge is 0 e. The number of rotatable bonds is 1. The maximum Gasteiger partial charge on any atom is 0 e. The van der Waals surface area contributed by atoms with Crippen LogP contribution in [0, 0.1) is 0 Å². The second-order valence-electron chi connectivity index (χ2n) is 0.606. The van der Waals surface area contributed by atoms with E-state index in [0.29, 0.717) is 0 Å². The van der Waals surface area contributed by atoms with Crippen LogP contribution in [0.4, 0.5) is 0 Å². The van der Waals surface area contributed by atoms with Crippen molar-refractivity contribution in [3.05, 3.63) is 12.7 Å². The molecular formula is C3H3AlOScSi. The normalized spacial score (nSPS) is 4.43. The average molecular weight is 155 g/mol. The zero-order valence-electron chi connectivity index (χ0n) is 3.85. The first-order valence-electron chi connectivity index (χ1n) is 1.19. The molecule has 0 bridgehead atoms. The van der Waals surface area contributed by atoms with Crippen LogP contribution in [-0.2, 0) is 29.2 Å². The van der Waals surface area contributed by atoms with Gasteiger partial charge in [0.2, 0.25) is 0 Å². The van der Waals surface area contributed by atoms with Crippen molar-refractivity contribution in [1.29, 1.82) is 0 Å². The Hall–Kier alpha value is 1.03. The molecule has 0 fully saturated rings. The summed E-state index contributed by atoms with van der Waals surface area (Å²) >= 11 is 1.08. The molecule has 1 nitrogen and oxygen atoms in total. The van der Waals surface area contributed by atoms with Gasteiger partial charge in [0.25, 0.3) is 0 Å². The van der Waals surface area contributed by atoms with Gasteiger partial charge in [-0.3, -0.25) is 0 Å². The van der Waals surface area contributed by atoms with Gasteiger partial charge in [0.1, 0.15) is 0 Å². The minimum atomic E-state index is 0. The van der Waals surface area contributed by atoms with Crippen molar-refractivity contribution in [2.45, 2.75) is 0 Å². The summed E-state index contributed by atoms with van der Waals surface area (Å²) in [6, 6.07) is 0. The van der Waals surface area contributed by atoms with Gasteiger partial charge in [-0.1, -0.05) is 0 Å². The molecule has 0 aromatic heterocycles. The summed E-state index contributed by atoms with van der Waals surface area (Å²) in [5.41, 5.74) is 0. The fourth-order valence-electron chi connectivity index (χ4n) is 0. The van der Waals surface area contributed by atoms with Crippen LogP contribution < -0.4 is 0 Å². The van der Waals surface area contributed by atoms with Crippen LogP contribution in [-0.4, -0.2) is 31.9 Å². The molecule has 0 aliphatic carbocycles. The summed E-state index contributed by atoms with van der Waals surface area (Å²) in [5, 5.41) is 0. The van der Waals surface area contributed by atoms with Gasteiger partial charge < -0.3 is 0 Å². The Morgan fingerprint density at radius 1 is 1.71 bits per heavy atom. The Bertz CT molecular complexity index is 66.0. The summed E-state index contributed by atoms with van der Waals surface area (Å²) in [6.07, 6.45) is 1.31. The van der Waals surface area contributed by atoms with Crippen molar-refractivity contribution in [3.63, 3.8) is 0 Å². The molecule has 0 aromatic rings. The number of allylic oxidation sites excluding steroid dienone is 1. The fourth-order valence-corrected chi connectivity index (χ4v) is 0. The monoisotopic (exact) mass is 155 g/mol. The molecule has 4 heteroatoms. The van der Waals surface area contributed by atoms with E-state index in [1.54, 1.807) is 0 Å². The van der Waals surface area contributed by atoms with Crippen molar-refractivity contribution in [2.24, 2.45) is 0 Å². The first kappa shape index (κ1) is 15.7. The van der Waals surface area contributed by atoms with E-state index in [4.69, 9.17) is 0 Å². The van der Waals surface area contributed by atoms with Crippen molar-refractivity contribution < 1.29 is 29.2 Å². The molecule has 0 unspecified atom stereocenters. The molecule has 0 heterocycles. The molecular weight excluding hydrogens is 152 g/mol. The molecule has 0 aromatic carbocycles. The van der Waals surface area contributed by atoms with Gasteiger partial charge in [0.15, 0.2) is 0 Å². The molecule has 0 N–H and O–H groups in total. The predicted molar refractivity (Wildman–Crippen MR) is 26.7 cm³/mol.